The van der Waals surface area contributed by atoms with E-state index < -0.39 is 18.5 Å². The maximum atomic E-state index is 13.8. The van der Waals surface area contributed by atoms with Crippen LogP contribution < -0.4 is 5.32 Å². The van der Waals surface area contributed by atoms with Gasteiger partial charge in [0.2, 0.25) is 0 Å². The fourth-order valence-corrected chi connectivity index (χ4v) is 3.16. The van der Waals surface area contributed by atoms with Crippen LogP contribution in [0.25, 0.3) is 0 Å². The Labute approximate surface area is 171 Å². The average Bonchev–Trinajstić information content (AvgIpc) is 3.17. The molecule has 0 spiro atoms. The summed E-state index contributed by atoms with van der Waals surface area (Å²) in [6.45, 7) is 0.144. The van der Waals surface area contributed by atoms with E-state index in [1.165, 1.54) is 28.7 Å². The van der Waals surface area contributed by atoms with Crippen LogP contribution in [0.2, 0.25) is 0 Å². The van der Waals surface area contributed by atoms with E-state index in [9.17, 15) is 22.4 Å². The van der Waals surface area contributed by atoms with Crippen LogP contribution in [-0.4, -0.2) is 31.6 Å². The summed E-state index contributed by atoms with van der Waals surface area (Å²) in [7, 11) is 1.47. The Hall–Kier alpha value is -2.69. The van der Waals surface area contributed by atoms with Crippen molar-refractivity contribution in [2.75, 3.05) is 5.32 Å². The maximum Gasteiger partial charge on any atom is 0.389 e. The van der Waals surface area contributed by atoms with E-state index in [0.29, 0.717) is 10.0 Å². The van der Waals surface area contributed by atoms with E-state index in [1.807, 2.05) is 0 Å². The Bertz CT molecular complexity index is 1030. The lowest BCUT2D eigenvalue weighted by Gasteiger charge is -2.09. The molecule has 0 saturated carbocycles. The van der Waals surface area contributed by atoms with Crippen molar-refractivity contribution in [1.29, 1.82) is 0 Å². The molecule has 2 aromatic heterocycles. The minimum absolute atomic E-state index is 0.0345. The van der Waals surface area contributed by atoms with Gasteiger partial charge in [0, 0.05) is 25.2 Å². The second-order valence-corrected chi connectivity index (χ2v) is 7.17. The number of rotatable bonds is 6. The molecule has 0 fully saturated rings. The number of aromatic nitrogens is 4. The molecule has 0 atom stereocenters. The molecule has 29 heavy (non-hydrogen) atoms. The van der Waals surface area contributed by atoms with Crippen LogP contribution in [-0.2, 0) is 20.0 Å². The summed E-state index contributed by atoms with van der Waals surface area (Å²) in [5.41, 5.74) is 0.621. The van der Waals surface area contributed by atoms with E-state index in [1.54, 1.807) is 24.4 Å². The van der Waals surface area contributed by atoms with Gasteiger partial charge in [-0.25, -0.2) is 4.39 Å². The molecule has 154 valence electrons. The van der Waals surface area contributed by atoms with Gasteiger partial charge >= 0.3 is 6.18 Å². The summed E-state index contributed by atoms with van der Waals surface area (Å²) >= 11 is 3.27. The molecule has 0 bridgehead atoms. The summed E-state index contributed by atoms with van der Waals surface area (Å²) in [6.07, 6.45) is -2.99. The van der Waals surface area contributed by atoms with Crippen LogP contribution in [0, 0.1) is 5.82 Å². The minimum Gasteiger partial charge on any atom is -0.304 e. The van der Waals surface area contributed by atoms with Crippen molar-refractivity contribution >= 4 is 27.7 Å². The zero-order valence-electron chi connectivity index (χ0n) is 15.2. The monoisotopic (exact) mass is 473 g/mol. The molecule has 1 amide bonds. The highest BCUT2D eigenvalue weighted by Crippen LogP contribution is 2.25. The molecule has 2 heterocycles. The van der Waals surface area contributed by atoms with E-state index in [4.69, 9.17) is 0 Å². The number of aryl methyl sites for hydroxylation is 1. The van der Waals surface area contributed by atoms with Crippen LogP contribution in [0.4, 0.5) is 23.4 Å². The van der Waals surface area contributed by atoms with Crippen molar-refractivity contribution in [2.45, 2.75) is 25.6 Å². The molecule has 0 aliphatic carbocycles. The standard InChI is InChI=1S/C18H16BrF4N5O/c1-27-15(6-7-18(21,22)23)12(8-24-27)17(29)25-16-13(19)10-28(26-16)9-11-4-2-3-5-14(11)20/h2-5,8,10H,6-7,9H2,1H3,(H,25,26,29). The highest BCUT2D eigenvalue weighted by atomic mass is 79.9. The molecule has 3 rings (SSSR count). The van der Waals surface area contributed by atoms with Crippen LogP contribution in [0.15, 0.2) is 41.1 Å². The largest absolute Gasteiger partial charge is 0.389 e. The third-order valence-electron chi connectivity index (χ3n) is 4.19. The third kappa shape index (κ3) is 5.22. The minimum atomic E-state index is -4.34. The number of carbonyl (C=O) groups is 1. The van der Waals surface area contributed by atoms with Gasteiger partial charge in [0.1, 0.15) is 5.82 Å². The van der Waals surface area contributed by atoms with Crippen LogP contribution >= 0.6 is 15.9 Å². The van der Waals surface area contributed by atoms with Crippen molar-refractivity contribution in [3.05, 3.63) is 63.8 Å². The van der Waals surface area contributed by atoms with Gasteiger partial charge in [0.25, 0.3) is 5.91 Å². The van der Waals surface area contributed by atoms with Gasteiger partial charge in [-0.05, 0) is 28.4 Å². The first-order valence-electron chi connectivity index (χ1n) is 8.49. The first-order chi connectivity index (χ1) is 13.6. The summed E-state index contributed by atoms with van der Waals surface area (Å²) in [4.78, 5) is 12.6. The molecule has 0 radical (unpaired) electrons. The Morgan fingerprint density at radius 2 is 2.00 bits per heavy atom. The van der Waals surface area contributed by atoms with Gasteiger partial charge in [-0.2, -0.15) is 23.4 Å². The average molecular weight is 474 g/mol. The van der Waals surface area contributed by atoms with Crippen LogP contribution in [0.3, 0.4) is 0 Å². The number of anilines is 1. The van der Waals surface area contributed by atoms with Gasteiger partial charge in [0.15, 0.2) is 5.82 Å². The number of amides is 1. The van der Waals surface area contributed by atoms with E-state index in [2.05, 4.69) is 31.4 Å². The number of hydrogen-bond donors (Lipinski definition) is 1. The zero-order chi connectivity index (χ0) is 21.2. The second-order valence-electron chi connectivity index (χ2n) is 6.31. The molecule has 1 N–H and O–H groups in total. The Morgan fingerprint density at radius 3 is 2.69 bits per heavy atom. The molecule has 11 heteroatoms. The molecule has 0 saturated heterocycles. The fourth-order valence-electron chi connectivity index (χ4n) is 2.75. The zero-order valence-corrected chi connectivity index (χ0v) is 16.8. The van der Waals surface area contributed by atoms with E-state index >= 15 is 0 Å². The smallest absolute Gasteiger partial charge is 0.304 e. The maximum absolute atomic E-state index is 13.8. The topological polar surface area (TPSA) is 64.7 Å². The fraction of sp³-hybridized carbons (Fsp3) is 0.278. The summed E-state index contributed by atoms with van der Waals surface area (Å²) in [5, 5.41) is 10.6. The lowest BCUT2D eigenvalue weighted by atomic mass is 10.1. The normalized spacial score (nSPS) is 11.7. The number of carbonyl (C=O) groups excluding carboxylic acids is 1. The Kier molecular flexibility index (Phi) is 6.06. The summed E-state index contributed by atoms with van der Waals surface area (Å²) < 4.78 is 54.6. The van der Waals surface area contributed by atoms with Gasteiger partial charge < -0.3 is 5.32 Å². The van der Waals surface area contributed by atoms with E-state index in [-0.39, 0.29) is 35.9 Å². The number of alkyl halides is 3. The Morgan fingerprint density at radius 1 is 1.28 bits per heavy atom. The number of halogens is 5. The predicted octanol–water partition coefficient (Wildman–Crippen LogP) is 4.31. The lowest BCUT2D eigenvalue weighted by molar-refractivity contribution is -0.134. The number of nitrogens with zero attached hydrogens (tertiary/aromatic N) is 4. The summed E-state index contributed by atoms with van der Waals surface area (Å²) in [6, 6.07) is 6.23. The van der Waals surface area contributed by atoms with Crippen LogP contribution in [0.1, 0.15) is 28.0 Å². The van der Waals surface area contributed by atoms with Crippen molar-refractivity contribution in [3.63, 3.8) is 0 Å². The van der Waals surface area contributed by atoms with Gasteiger partial charge in [-0.1, -0.05) is 18.2 Å². The second kappa shape index (κ2) is 8.36. The summed E-state index contributed by atoms with van der Waals surface area (Å²) in [5.74, 6) is -0.849. The molecule has 6 nitrogen and oxygen atoms in total. The first kappa shape index (κ1) is 21.0. The highest BCUT2D eigenvalue weighted by Gasteiger charge is 2.29. The van der Waals surface area contributed by atoms with Crippen molar-refractivity contribution < 1.29 is 22.4 Å². The predicted molar refractivity (Wildman–Crippen MR) is 101 cm³/mol. The molecular formula is C18H16BrF4N5O. The van der Waals surface area contributed by atoms with Crippen molar-refractivity contribution in [3.8, 4) is 0 Å². The number of hydrogen-bond acceptors (Lipinski definition) is 3. The van der Waals surface area contributed by atoms with E-state index in [0.717, 1.165) is 0 Å². The quantitative estimate of drug-likeness (QED) is 0.542. The molecule has 1 aromatic carbocycles. The first-order valence-corrected chi connectivity index (χ1v) is 9.28. The molecule has 0 aliphatic rings. The molecule has 0 aliphatic heterocycles. The van der Waals surface area contributed by atoms with Gasteiger partial charge in [-0.3, -0.25) is 14.2 Å². The number of nitrogens with one attached hydrogen (secondary N) is 1. The van der Waals surface area contributed by atoms with Crippen molar-refractivity contribution in [2.24, 2.45) is 7.05 Å². The molecular weight excluding hydrogens is 458 g/mol. The van der Waals surface area contributed by atoms with Crippen LogP contribution in [0.5, 0.6) is 0 Å². The van der Waals surface area contributed by atoms with Crippen molar-refractivity contribution in [1.82, 2.24) is 19.6 Å². The highest BCUT2D eigenvalue weighted by molar-refractivity contribution is 9.10. The third-order valence-corrected chi connectivity index (χ3v) is 4.77. The van der Waals surface area contributed by atoms with Gasteiger partial charge in [0.05, 0.1) is 28.5 Å². The molecule has 0 unspecified atom stereocenters. The molecule has 3 aromatic rings. The van der Waals surface area contributed by atoms with Gasteiger partial charge in [-0.15, -0.1) is 0 Å². The lowest BCUT2D eigenvalue weighted by Crippen LogP contribution is -2.17. The SMILES string of the molecule is Cn1ncc(C(=O)Nc2nn(Cc3ccccc3F)cc2Br)c1CCC(F)(F)F. The number of benzene rings is 1. The Balaban J connectivity index is 1.75.